The van der Waals surface area contributed by atoms with Crippen molar-refractivity contribution in [2.24, 2.45) is 0 Å². The zero-order valence-corrected chi connectivity index (χ0v) is 7.76. The molecular weight excluding hydrogens is 216 g/mol. The molecule has 0 saturated heterocycles. The second-order valence-electron chi connectivity index (χ2n) is 2.47. The molecule has 0 saturated carbocycles. The molecule has 78 valence electrons. The number of alkyl halides is 2. The minimum atomic E-state index is -2.89. The van der Waals surface area contributed by atoms with Crippen molar-refractivity contribution in [3.63, 3.8) is 0 Å². The lowest BCUT2D eigenvalue weighted by molar-refractivity contribution is -0.0507. The summed E-state index contributed by atoms with van der Waals surface area (Å²) in [6.45, 7) is -2.91. The Morgan fingerprint density at radius 3 is 2.79 bits per heavy atom. The van der Waals surface area contributed by atoms with Crippen molar-refractivity contribution in [2.75, 3.05) is 0 Å². The smallest absolute Gasteiger partial charge is 0.387 e. The maximum atomic E-state index is 11.9. The molecule has 0 aliphatic heterocycles. The van der Waals surface area contributed by atoms with Gasteiger partial charge in [-0.2, -0.15) is 8.78 Å². The Balaban J connectivity index is 2.89. The third-order valence-corrected chi connectivity index (χ3v) is 1.74. The molecule has 0 heterocycles. The molecule has 0 radical (unpaired) electrons. The number of hydrogen-bond acceptors (Lipinski definition) is 3. The van der Waals surface area contributed by atoms with Crippen LogP contribution >= 0.6 is 11.6 Å². The van der Waals surface area contributed by atoms with Gasteiger partial charge in [-0.05, 0) is 18.2 Å². The summed E-state index contributed by atoms with van der Waals surface area (Å²) in [4.78, 5) is 0. The summed E-state index contributed by atoms with van der Waals surface area (Å²) in [6.07, 6.45) is 0. The summed E-state index contributed by atoms with van der Waals surface area (Å²) in [6, 6.07) is 4.18. The second kappa shape index (κ2) is 5.09. The molecule has 1 rings (SSSR count). The first-order chi connectivity index (χ1) is 6.63. The van der Waals surface area contributed by atoms with Crippen LogP contribution in [0.4, 0.5) is 8.78 Å². The standard InChI is InChI=1S/C8H8ClF2NO2/c9-6-1-2-7(14-8(10)11)5(3-6)4-12-13/h1-3,8,12-13H,4H2. The molecule has 0 amide bonds. The highest BCUT2D eigenvalue weighted by Crippen LogP contribution is 2.24. The van der Waals surface area contributed by atoms with Crippen molar-refractivity contribution < 1.29 is 18.7 Å². The van der Waals surface area contributed by atoms with Crippen LogP contribution in [-0.2, 0) is 6.54 Å². The minimum absolute atomic E-state index is 0.00838. The van der Waals surface area contributed by atoms with Gasteiger partial charge >= 0.3 is 6.61 Å². The van der Waals surface area contributed by atoms with Crippen molar-refractivity contribution in [1.29, 1.82) is 0 Å². The van der Waals surface area contributed by atoms with Crippen molar-refractivity contribution in [1.82, 2.24) is 5.48 Å². The van der Waals surface area contributed by atoms with Crippen LogP contribution in [-0.4, -0.2) is 11.8 Å². The molecule has 14 heavy (non-hydrogen) atoms. The number of ether oxygens (including phenoxy) is 1. The Kier molecular flexibility index (Phi) is 4.06. The van der Waals surface area contributed by atoms with E-state index in [1.165, 1.54) is 18.2 Å². The van der Waals surface area contributed by atoms with Gasteiger partial charge in [0.1, 0.15) is 5.75 Å². The Morgan fingerprint density at radius 1 is 1.50 bits per heavy atom. The molecule has 0 spiro atoms. The molecule has 0 atom stereocenters. The van der Waals surface area contributed by atoms with Crippen LogP contribution < -0.4 is 10.2 Å². The van der Waals surface area contributed by atoms with Gasteiger partial charge in [-0.25, -0.2) is 5.48 Å². The summed E-state index contributed by atoms with van der Waals surface area (Å²) >= 11 is 5.64. The number of benzene rings is 1. The van der Waals surface area contributed by atoms with Crippen molar-refractivity contribution in [3.05, 3.63) is 28.8 Å². The van der Waals surface area contributed by atoms with E-state index in [-0.39, 0.29) is 12.3 Å². The highest BCUT2D eigenvalue weighted by molar-refractivity contribution is 6.30. The van der Waals surface area contributed by atoms with E-state index in [2.05, 4.69) is 4.74 Å². The van der Waals surface area contributed by atoms with Crippen LogP contribution in [0.5, 0.6) is 5.75 Å². The molecule has 0 aliphatic rings. The molecule has 0 bridgehead atoms. The lowest BCUT2D eigenvalue weighted by Crippen LogP contribution is -2.10. The third-order valence-electron chi connectivity index (χ3n) is 1.51. The average Bonchev–Trinajstić information content (AvgIpc) is 2.09. The molecule has 2 N–H and O–H groups in total. The van der Waals surface area contributed by atoms with Gasteiger partial charge in [-0.3, -0.25) is 0 Å². The van der Waals surface area contributed by atoms with E-state index in [9.17, 15) is 8.78 Å². The first-order valence-electron chi connectivity index (χ1n) is 3.73. The van der Waals surface area contributed by atoms with Crippen LogP contribution in [0.3, 0.4) is 0 Å². The predicted octanol–water partition coefficient (Wildman–Crippen LogP) is 2.42. The van der Waals surface area contributed by atoms with Crippen LogP contribution in [0.1, 0.15) is 5.56 Å². The fourth-order valence-corrected chi connectivity index (χ4v) is 1.18. The molecule has 0 fully saturated rings. The molecule has 0 unspecified atom stereocenters. The Bertz CT molecular complexity index is 309. The summed E-state index contributed by atoms with van der Waals surface area (Å²) in [5.74, 6) is -0.00838. The first kappa shape index (κ1) is 11.2. The fraction of sp³-hybridized carbons (Fsp3) is 0.250. The number of hydroxylamine groups is 1. The van der Waals surface area contributed by atoms with Crippen LogP contribution in [0, 0.1) is 0 Å². The number of halogens is 3. The van der Waals surface area contributed by atoms with Gasteiger partial charge < -0.3 is 9.94 Å². The normalized spacial score (nSPS) is 10.6. The number of nitrogens with one attached hydrogen (secondary N) is 1. The van der Waals surface area contributed by atoms with Crippen LogP contribution in [0.2, 0.25) is 5.02 Å². The lowest BCUT2D eigenvalue weighted by atomic mass is 10.2. The fourth-order valence-electron chi connectivity index (χ4n) is 0.982. The Hall–Kier alpha value is -0.910. The molecule has 0 aromatic heterocycles. The van der Waals surface area contributed by atoms with Gasteiger partial charge in [0.15, 0.2) is 0 Å². The van der Waals surface area contributed by atoms with Gasteiger partial charge in [0, 0.05) is 17.1 Å². The predicted molar refractivity (Wildman–Crippen MR) is 46.7 cm³/mol. The number of rotatable bonds is 4. The summed E-state index contributed by atoms with van der Waals surface area (Å²) in [7, 11) is 0. The van der Waals surface area contributed by atoms with E-state index >= 15 is 0 Å². The highest BCUT2D eigenvalue weighted by atomic mass is 35.5. The van der Waals surface area contributed by atoms with E-state index in [1.54, 1.807) is 0 Å². The lowest BCUT2D eigenvalue weighted by Gasteiger charge is -2.09. The third kappa shape index (κ3) is 3.10. The molecule has 1 aromatic rings. The van der Waals surface area contributed by atoms with E-state index < -0.39 is 6.61 Å². The summed E-state index contributed by atoms with van der Waals surface area (Å²) < 4.78 is 28.0. The Morgan fingerprint density at radius 2 is 2.21 bits per heavy atom. The molecule has 3 nitrogen and oxygen atoms in total. The van der Waals surface area contributed by atoms with E-state index in [0.717, 1.165) is 0 Å². The van der Waals surface area contributed by atoms with Gasteiger partial charge in [-0.1, -0.05) is 11.6 Å². The highest BCUT2D eigenvalue weighted by Gasteiger charge is 2.09. The van der Waals surface area contributed by atoms with E-state index in [0.29, 0.717) is 10.6 Å². The minimum Gasteiger partial charge on any atom is -0.434 e. The van der Waals surface area contributed by atoms with Gasteiger partial charge in [0.2, 0.25) is 0 Å². The molecule has 0 aliphatic carbocycles. The van der Waals surface area contributed by atoms with Crippen molar-refractivity contribution in [3.8, 4) is 5.75 Å². The van der Waals surface area contributed by atoms with Gasteiger partial charge in [0.05, 0.1) is 0 Å². The monoisotopic (exact) mass is 223 g/mol. The molecular formula is C8H8ClF2NO2. The van der Waals surface area contributed by atoms with Crippen molar-refractivity contribution >= 4 is 11.6 Å². The zero-order chi connectivity index (χ0) is 10.6. The maximum absolute atomic E-state index is 11.9. The van der Waals surface area contributed by atoms with E-state index in [1.807, 2.05) is 5.48 Å². The first-order valence-corrected chi connectivity index (χ1v) is 4.11. The zero-order valence-electron chi connectivity index (χ0n) is 7.01. The van der Waals surface area contributed by atoms with Gasteiger partial charge in [0.25, 0.3) is 0 Å². The van der Waals surface area contributed by atoms with Gasteiger partial charge in [-0.15, -0.1) is 0 Å². The summed E-state index contributed by atoms with van der Waals surface area (Å²) in [5.41, 5.74) is 2.20. The molecule has 6 heteroatoms. The van der Waals surface area contributed by atoms with E-state index in [4.69, 9.17) is 16.8 Å². The quantitative estimate of drug-likeness (QED) is 0.771. The maximum Gasteiger partial charge on any atom is 0.387 e. The second-order valence-corrected chi connectivity index (χ2v) is 2.90. The number of hydrogen-bond donors (Lipinski definition) is 2. The molecule has 1 aromatic carbocycles. The Labute approximate surface area is 84.2 Å². The SMILES string of the molecule is ONCc1cc(Cl)ccc1OC(F)F. The van der Waals surface area contributed by atoms with Crippen molar-refractivity contribution in [2.45, 2.75) is 13.2 Å². The summed E-state index contributed by atoms with van der Waals surface area (Å²) in [5, 5.41) is 8.82. The topological polar surface area (TPSA) is 41.5 Å². The van der Waals surface area contributed by atoms with Crippen LogP contribution in [0.25, 0.3) is 0 Å². The average molecular weight is 224 g/mol. The van der Waals surface area contributed by atoms with Crippen LogP contribution in [0.15, 0.2) is 18.2 Å². The largest absolute Gasteiger partial charge is 0.434 e.